The maximum atomic E-state index is 9.67. The summed E-state index contributed by atoms with van der Waals surface area (Å²) in [6.45, 7) is 5.45. The van der Waals surface area contributed by atoms with Crippen molar-refractivity contribution >= 4 is 17.2 Å². The third kappa shape index (κ3) is 5.28. The van der Waals surface area contributed by atoms with Crippen molar-refractivity contribution in [3.63, 3.8) is 0 Å². The molecular formula is C26H28N6O2. The summed E-state index contributed by atoms with van der Waals surface area (Å²) in [5, 5.41) is 16.4. The number of nitrogens with zero attached hydrogens (tertiary/aromatic N) is 4. The molecule has 2 aliphatic heterocycles. The molecule has 2 aliphatic rings. The van der Waals surface area contributed by atoms with Gasteiger partial charge in [-0.2, -0.15) is 5.26 Å². The van der Waals surface area contributed by atoms with Gasteiger partial charge < -0.3 is 25.0 Å². The lowest BCUT2D eigenvalue weighted by atomic mass is 10.1. The highest BCUT2D eigenvalue weighted by Crippen LogP contribution is 2.28. The van der Waals surface area contributed by atoms with Crippen LogP contribution < -0.4 is 20.3 Å². The van der Waals surface area contributed by atoms with Crippen molar-refractivity contribution in [3.8, 4) is 23.2 Å². The molecule has 8 heteroatoms. The zero-order valence-electron chi connectivity index (χ0n) is 19.0. The molecule has 0 amide bonds. The Morgan fingerprint density at radius 3 is 2.62 bits per heavy atom. The van der Waals surface area contributed by atoms with Crippen molar-refractivity contribution < 1.29 is 9.47 Å². The van der Waals surface area contributed by atoms with Gasteiger partial charge in [-0.15, -0.1) is 0 Å². The minimum Gasteiger partial charge on any atom is -0.489 e. The molecule has 3 heterocycles. The minimum absolute atomic E-state index is 0.0773. The molecule has 0 spiro atoms. The van der Waals surface area contributed by atoms with Crippen molar-refractivity contribution in [2.45, 2.75) is 18.9 Å². The van der Waals surface area contributed by atoms with Gasteiger partial charge in [-0.25, -0.2) is 9.97 Å². The van der Waals surface area contributed by atoms with E-state index in [0.717, 1.165) is 50.3 Å². The van der Waals surface area contributed by atoms with Crippen LogP contribution in [0.5, 0.6) is 5.75 Å². The third-order valence-corrected chi connectivity index (χ3v) is 6.10. The molecule has 0 bridgehead atoms. The Bertz CT molecular complexity index is 1150. The van der Waals surface area contributed by atoms with Gasteiger partial charge >= 0.3 is 0 Å². The number of aromatic nitrogens is 2. The van der Waals surface area contributed by atoms with Gasteiger partial charge in [-0.05, 0) is 48.5 Å². The van der Waals surface area contributed by atoms with Gasteiger partial charge in [-0.1, -0.05) is 0 Å². The smallest absolute Gasteiger partial charge is 0.161 e. The minimum atomic E-state index is 0.0773. The van der Waals surface area contributed by atoms with Gasteiger partial charge in [0.15, 0.2) is 5.82 Å². The molecule has 0 atom stereocenters. The Labute approximate surface area is 199 Å². The topological polar surface area (TPSA) is 95.3 Å². The lowest BCUT2D eigenvalue weighted by molar-refractivity contribution is 0.0254. The highest BCUT2D eigenvalue weighted by molar-refractivity contribution is 5.65. The van der Waals surface area contributed by atoms with Crippen LogP contribution in [0.4, 0.5) is 17.2 Å². The second-order valence-corrected chi connectivity index (χ2v) is 8.43. The molecule has 0 unspecified atom stereocenters. The van der Waals surface area contributed by atoms with Crippen LogP contribution in [0.15, 0.2) is 54.7 Å². The molecule has 0 radical (unpaired) electrons. The van der Waals surface area contributed by atoms with E-state index >= 15 is 0 Å². The molecule has 2 aromatic carbocycles. The number of nitrogens with one attached hydrogen (secondary N) is 2. The van der Waals surface area contributed by atoms with E-state index < -0.39 is 0 Å². The molecule has 1 aromatic heterocycles. The Morgan fingerprint density at radius 1 is 1.06 bits per heavy atom. The van der Waals surface area contributed by atoms with Gasteiger partial charge in [0.25, 0.3) is 0 Å². The van der Waals surface area contributed by atoms with E-state index in [1.165, 1.54) is 5.69 Å². The molecule has 34 heavy (non-hydrogen) atoms. The van der Waals surface area contributed by atoms with Crippen LogP contribution in [0.3, 0.4) is 0 Å². The number of rotatable bonds is 6. The average Bonchev–Trinajstić information content (AvgIpc) is 2.91. The molecule has 2 saturated heterocycles. The van der Waals surface area contributed by atoms with E-state index in [1.807, 2.05) is 18.2 Å². The fourth-order valence-corrected chi connectivity index (χ4v) is 4.23. The van der Waals surface area contributed by atoms with Crippen LogP contribution in [-0.2, 0) is 4.74 Å². The highest BCUT2D eigenvalue weighted by Gasteiger charge is 2.18. The fourth-order valence-electron chi connectivity index (χ4n) is 4.23. The Hall–Kier alpha value is -3.67. The summed E-state index contributed by atoms with van der Waals surface area (Å²) in [6, 6.07) is 18.0. The highest BCUT2D eigenvalue weighted by atomic mass is 16.5. The number of piperazine rings is 1. The van der Waals surface area contributed by atoms with Crippen LogP contribution >= 0.6 is 0 Å². The molecule has 0 saturated carbocycles. The Balaban J connectivity index is 1.29. The molecule has 2 N–H and O–H groups in total. The van der Waals surface area contributed by atoms with E-state index in [9.17, 15) is 5.26 Å². The fraction of sp³-hybridized carbons (Fsp3) is 0.346. The quantitative estimate of drug-likeness (QED) is 0.579. The second kappa shape index (κ2) is 10.5. The number of hydrogen-bond acceptors (Lipinski definition) is 8. The number of benzene rings is 2. The van der Waals surface area contributed by atoms with Crippen LogP contribution in [0, 0.1) is 11.3 Å². The second-order valence-electron chi connectivity index (χ2n) is 8.43. The van der Waals surface area contributed by atoms with Crippen LogP contribution in [0.1, 0.15) is 18.4 Å². The maximum Gasteiger partial charge on any atom is 0.161 e. The molecule has 3 aromatic rings. The summed E-state index contributed by atoms with van der Waals surface area (Å²) in [5.74, 6) is 1.84. The van der Waals surface area contributed by atoms with Gasteiger partial charge in [-0.3, -0.25) is 0 Å². The zero-order chi connectivity index (χ0) is 23.2. The summed E-state index contributed by atoms with van der Waals surface area (Å²) in [4.78, 5) is 11.5. The van der Waals surface area contributed by atoms with Crippen molar-refractivity contribution in [1.29, 1.82) is 5.26 Å². The van der Waals surface area contributed by atoms with Gasteiger partial charge in [0.05, 0.1) is 18.8 Å². The van der Waals surface area contributed by atoms with E-state index in [1.54, 1.807) is 12.3 Å². The number of anilines is 3. The van der Waals surface area contributed by atoms with Gasteiger partial charge in [0.1, 0.15) is 23.7 Å². The zero-order valence-corrected chi connectivity index (χ0v) is 19.0. The van der Waals surface area contributed by atoms with Crippen LogP contribution in [0.2, 0.25) is 0 Å². The van der Waals surface area contributed by atoms with Gasteiger partial charge in [0, 0.05) is 62.2 Å². The summed E-state index contributed by atoms with van der Waals surface area (Å²) < 4.78 is 11.4. The largest absolute Gasteiger partial charge is 0.489 e. The number of hydrogen-bond donors (Lipinski definition) is 2. The van der Waals surface area contributed by atoms with Crippen molar-refractivity contribution in [1.82, 2.24) is 15.3 Å². The first-order valence-corrected chi connectivity index (χ1v) is 11.7. The predicted molar refractivity (Wildman–Crippen MR) is 131 cm³/mol. The lowest BCUT2D eigenvalue weighted by Crippen LogP contribution is -2.43. The van der Waals surface area contributed by atoms with E-state index in [2.05, 4.69) is 55.8 Å². The first-order valence-electron chi connectivity index (χ1n) is 11.7. The van der Waals surface area contributed by atoms with Crippen molar-refractivity contribution in [2.24, 2.45) is 0 Å². The Morgan fingerprint density at radius 2 is 1.85 bits per heavy atom. The van der Waals surface area contributed by atoms with E-state index in [0.29, 0.717) is 36.2 Å². The molecule has 174 valence electrons. The van der Waals surface area contributed by atoms with Gasteiger partial charge in [0.2, 0.25) is 0 Å². The van der Waals surface area contributed by atoms with Crippen LogP contribution in [-0.4, -0.2) is 55.5 Å². The summed E-state index contributed by atoms with van der Waals surface area (Å²) >= 11 is 0. The number of nitriles is 1. The summed E-state index contributed by atoms with van der Waals surface area (Å²) in [7, 11) is 0. The first-order chi connectivity index (χ1) is 16.8. The molecule has 5 rings (SSSR count). The Kier molecular flexibility index (Phi) is 6.84. The van der Waals surface area contributed by atoms with Crippen molar-refractivity contribution in [3.05, 3.63) is 60.3 Å². The maximum absolute atomic E-state index is 9.67. The molecular weight excluding hydrogens is 428 g/mol. The molecule has 0 aliphatic carbocycles. The molecule has 2 fully saturated rings. The summed E-state index contributed by atoms with van der Waals surface area (Å²) in [5.41, 5.74) is 3.44. The summed E-state index contributed by atoms with van der Waals surface area (Å²) in [6.07, 6.45) is 3.46. The first kappa shape index (κ1) is 22.1. The standard InChI is InChI=1S/C26H28N6O2/c27-18-20-17-19(1-6-24(20)34-23-8-15-33-16-9-23)26-29-10-7-25(31-26)30-21-2-4-22(5-3-21)32-13-11-28-12-14-32/h1-7,10,17,23,28H,8-9,11-16H2,(H,29,30,31). The van der Waals surface area contributed by atoms with E-state index in [4.69, 9.17) is 9.47 Å². The van der Waals surface area contributed by atoms with Crippen molar-refractivity contribution in [2.75, 3.05) is 49.6 Å². The van der Waals surface area contributed by atoms with Crippen LogP contribution in [0.25, 0.3) is 11.4 Å². The predicted octanol–water partition coefficient (Wildman–Crippen LogP) is 3.73. The monoisotopic (exact) mass is 456 g/mol. The average molecular weight is 457 g/mol. The normalized spacial score (nSPS) is 16.6. The molecule has 8 nitrogen and oxygen atoms in total. The lowest BCUT2D eigenvalue weighted by Gasteiger charge is -2.29. The van der Waals surface area contributed by atoms with E-state index in [-0.39, 0.29) is 6.10 Å². The third-order valence-electron chi connectivity index (χ3n) is 6.10. The SMILES string of the molecule is N#Cc1cc(-c2nccc(Nc3ccc(N4CCNCC4)cc3)n2)ccc1OC1CCOCC1. The number of ether oxygens (including phenoxy) is 2.